The Kier molecular flexibility index (Phi) is 3.08. The zero-order valence-corrected chi connectivity index (χ0v) is 11.4. The maximum absolute atomic E-state index is 11.6. The highest BCUT2D eigenvalue weighted by Crippen LogP contribution is 2.38. The lowest BCUT2D eigenvalue weighted by molar-refractivity contribution is -0.117. The van der Waals surface area contributed by atoms with Gasteiger partial charge in [0.1, 0.15) is 6.29 Å². The Balaban J connectivity index is 2.49. The van der Waals surface area contributed by atoms with Crippen LogP contribution in [0.5, 0.6) is 0 Å². The van der Waals surface area contributed by atoms with Gasteiger partial charge < -0.3 is 10.1 Å². The molecule has 1 N–H and O–H groups in total. The van der Waals surface area contributed by atoms with Crippen LogP contribution < -0.4 is 5.32 Å². The maximum atomic E-state index is 11.6. The molecule has 1 aliphatic rings. The lowest BCUT2D eigenvalue weighted by Gasteiger charge is -2.32. The molecule has 0 aliphatic carbocycles. The Labute approximate surface area is 109 Å². The molecule has 1 unspecified atom stereocenters. The number of fused-ring (bicyclic) bond motifs is 1. The van der Waals surface area contributed by atoms with E-state index in [-0.39, 0.29) is 16.1 Å². The first-order valence-electron chi connectivity index (χ1n) is 5.48. The molecule has 1 aromatic rings. The fourth-order valence-electron chi connectivity index (χ4n) is 2.20. The number of alkyl halides is 1. The standard InChI is InChI=1S/C13H14BrNO2/c1-13(2)6-12(17)15-11-5-8(10(14)7-16)3-4-9(11)13/h3-5,7,10H,6H2,1-2H3,(H,15,17). The molecular weight excluding hydrogens is 282 g/mol. The number of carbonyl (C=O) groups excluding carboxylic acids is 2. The fourth-order valence-corrected chi connectivity index (χ4v) is 2.48. The van der Waals surface area contributed by atoms with Crippen molar-refractivity contribution in [1.82, 2.24) is 0 Å². The molecule has 0 saturated heterocycles. The van der Waals surface area contributed by atoms with E-state index in [1.54, 1.807) is 0 Å². The molecule has 0 bridgehead atoms. The molecule has 17 heavy (non-hydrogen) atoms. The quantitative estimate of drug-likeness (QED) is 0.673. The van der Waals surface area contributed by atoms with Crippen molar-refractivity contribution in [3.8, 4) is 0 Å². The van der Waals surface area contributed by atoms with E-state index in [0.29, 0.717) is 6.42 Å². The average molecular weight is 296 g/mol. The topological polar surface area (TPSA) is 46.2 Å². The highest BCUT2D eigenvalue weighted by molar-refractivity contribution is 9.09. The molecule has 4 heteroatoms. The summed E-state index contributed by atoms with van der Waals surface area (Å²) in [5, 5.41) is 2.86. The number of benzene rings is 1. The number of rotatable bonds is 2. The second-order valence-electron chi connectivity index (χ2n) is 4.95. The predicted molar refractivity (Wildman–Crippen MR) is 70.4 cm³/mol. The van der Waals surface area contributed by atoms with Crippen molar-refractivity contribution in [2.45, 2.75) is 30.5 Å². The lowest BCUT2D eigenvalue weighted by Crippen LogP contribution is -2.32. The molecule has 1 amide bonds. The van der Waals surface area contributed by atoms with Crippen LogP contribution in [-0.4, -0.2) is 12.2 Å². The highest BCUT2D eigenvalue weighted by atomic mass is 79.9. The SMILES string of the molecule is CC1(C)CC(=O)Nc2cc(C(Br)C=O)ccc21. The minimum Gasteiger partial charge on any atom is -0.326 e. The molecule has 1 aromatic carbocycles. The van der Waals surface area contributed by atoms with Gasteiger partial charge in [0.2, 0.25) is 5.91 Å². The van der Waals surface area contributed by atoms with Crippen LogP contribution in [0.2, 0.25) is 0 Å². The van der Waals surface area contributed by atoms with Gasteiger partial charge in [-0.25, -0.2) is 0 Å². The van der Waals surface area contributed by atoms with Gasteiger partial charge in [0.15, 0.2) is 0 Å². The van der Waals surface area contributed by atoms with Gasteiger partial charge in [-0.3, -0.25) is 4.79 Å². The van der Waals surface area contributed by atoms with E-state index in [0.717, 1.165) is 23.1 Å². The molecule has 3 nitrogen and oxygen atoms in total. The van der Waals surface area contributed by atoms with E-state index in [4.69, 9.17) is 0 Å². The summed E-state index contributed by atoms with van der Waals surface area (Å²) in [6.07, 6.45) is 1.32. The van der Waals surface area contributed by atoms with Crippen LogP contribution >= 0.6 is 15.9 Å². The van der Waals surface area contributed by atoms with E-state index < -0.39 is 0 Å². The Morgan fingerprint density at radius 2 is 2.18 bits per heavy atom. The number of hydrogen-bond donors (Lipinski definition) is 1. The lowest BCUT2D eigenvalue weighted by atomic mass is 9.77. The summed E-state index contributed by atoms with van der Waals surface area (Å²) in [6.45, 7) is 4.10. The van der Waals surface area contributed by atoms with E-state index in [2.05, 4.69) is 35.1 Å². The summed E-state index contributed by atoms with van der Waals surface area (Å²) in [5.41, 5.74) is 2.64. The number of nitrogens with one attached hydrogen (secondary N) is 1. The van der Waals surface area contributed by atoms with Gasteiger partial charge in [-0.05, 0) is 17.2 Å². The van der Waals surface area contributed by atoms with Crippen LogP contribution in [0, 0.1) is 0 Å². The number of carbonyl (C=O) groups is 2. The molecule has 1 aliphatic heterocycles. The van der Waals surface area contributed by atoms with Gasteiger partial charge in [0.05, 0.1) is 4.83 Å². The Bertz CT molecular complexity index is 482. The van der Waals surface area contributed by atoms with Crippen molar-refractivity contribution in [3.05, 3.63) is 29.3 Å². The van der Waals surface area contributed by atoms with Gasteiger partial charge in [0, 0.05) is 17.5 Å². The predicted octanol–water partition coefficient (Wildman–Crippen LogP) is 2.94. The number of hydrogen-bond acceptors (Lipinski definition) is 2. The smallest absolute Gasteiger partial charge is 0.225 e. The summed E-state index contributed by atoms with van der Waals surface area (Å²) < 4.78 is 0. The third-order valence-corrected chi connectivity index (χ3v) is 3.83. The van der Waals surface area contributed by atoms with Gasteiger partial charge >= 0.3 is 0 Å². The highest BCUT2D eigenvalue weighted by Gasteiger charge is 2.32. The summed E-state index contributed by atoms with van der Waals surface area (Å²) in [6, 6.07) is 5.77. The average Bonchev–Trinajstić information content (AvgIpc) is 2.25. The number of amides is 1. The molecule has 90 valence electrons. The summed E-state index contributed by atoms with van der Waals surface area (Å²) >= 11 is 3.28. The van der Waals surface area contributed by atoms with Crippen LogP contribution in [0.25, 0.3) is 0 Å². The Morgan fingerprint density at radius 3 is 2.82 bits per heavy atom. The van der Waals surface area contributed by atoms with E-state index in [1.165, 1.54) is 0 Å². The van der Waals surface area contributed by atoms with Crippen molar-refractivity contribution in [2.75, 3.05) is 5.32 Å². The molecule has 2 rings (SSSR count). The minimum absolute atomic E-state index is 0.0249. The molecule has 1 heterocycles. The van der Waals surface area contributed by atoms with Crippen LogP contribution in [0.15, 0.2) is 18.2 Å². The number of aldehydes is 1. The largest absolute Gasteiger partial charge is 0.326 e. The first kappa shape index (κ1) is 12.3. The number of halogens is 1. The van der Waals surface area contributed by atoms with Gasteiger partial charge in [-0.2, -0.15) is 0 Å². The molecule has 0 spiro atoms. The van der Waals surface area contributed by atoms with Gasteiger partial charge in [-0.15, -0.1) is 0 Å². The van der Waals surface area contributed by atoms with Crippen molar-refractivity contribution in [2.24, 2.45) is 0 Å². The molecular formula is C13H14BrNO2. The fraction of sp³-hybridized carbons (Fsp3) is 0.385. The minimum atomic E-state index is -0.324. The summed E-state index contributed by atoms with van der Waals surface area (Å²) in [5.74, 6) is 0.0249. The molecule has 0 saturated carbocycles. The zero-order chi connectivity index (χ0) is 12.6. The van der Waals surface area contributed by atoms with Crippen LogP contribution in [0.1, 0.15) is 36.2 Å². The summed E-state index contributed by atoms with van der Waals surface area (Å²) in [4.78, 5) is 22.0. The summed E-state index contributed by atoms with van der Waals surface area (Å²) in [7, 11) is 0. The van der Waals surface area contributed by atoms with E-state index in [1.807, 2.05) is 18.2 Å². The second kappa shape index (κ2) is 4.26. The third kappa shape index (κ3) is 2.27. The Hall–Kier alpha value is -1.16. The maximum Gasteiger partial charge on any atom is 0.225 e. The number of anilines is 1. The van der Waals surface area contributed by atoms with Crippen molar-refractivity contribution >= 4 is 33.8 Å². The van der Waals surface area contributed by atoms with Crippen LogP contribution in [0.3, 0.4) is 0 Å². The first-order chi connectivity index (χ1) is 7.94. The van der Waals surface area contributed by atoms with Crippen molar-refractivity contribution in [1.29, 1.82) is 0 Å². The normalized spacial score (nSPS) is 19.1. The third-order valence-electron chi connectivity index (χ3n) is 3.09. The van der Waals surface area contributed by atoms with Crippen molar-refractivity contribution < 1.29 is 9.59 Å². The van der Waals surface area contributed by atoms with Gasteiger partial charge in [0.25, 0.3) is 0 Å². The zero-order valence-electron chi connectivity index (χ0n) is 9.79. The molecule has 1 atom stereocenters. The van der Waals surface area contributed by atoms with Crippen molar-refractivity contribution in [3.63, 3.8) is 0 Å². The second-order valence-corrected chi connectivity index (χ2v) is 5.94. The van der Waals surface area contributed by atoms with E-state index in [9.17, 15) is 9.59 Å². The molecule has 0 radical (unpaired) electrons. The van der Waals surface area contributed by atoms with E-state index >= 15 is 0 Å². The first-order valence-corrected chi connectivity index (χ1v) is 6.39. The Morgan fingerprint density at radius 1 is 1.47 bits per heavy atom. The van der Waals surface area contributed by atoms with Crippen LogP contribution in [-0.2, 0) is 15.0 Å². The molecule has 0 aromatic heterocycles. The van der Waals surface area contributed by atoms with Gasteiger partial charge in [-0.1, -0.05) is 41.9 Å². The molecule has 0 fully saturated rings. The van der Waals surface area contributed by atoms with Crippen LogP contribution in [0.4, 0.5) is 5.69 Å². The monoisotopic (exact) mass is 295 g/mol.